The van der Waals surface area contributed by atoms with Crippen molar-refractivity contribution in [1.29, 1.82) is 0 Å². The van der Waals surface area contributed by atoms with Gasteiger partial charge in [0.15, 0.2) is 17.2 Å². The Hall–Kier alpha value is -1.34. The van der Waals surface area contributed by atoms with E-state index in [1.54, 1.807) is 12.2 Å². The number of carbonyl (C=O) groups is 2. The summed E-state index contributed by atoms with van der Waals surface area (Å²) < 4.78 is 11.8. The number of aliphatic hydroxyl groups excluding tert-OH is 2. The Labute approximate surface area is 164 Å². The van der Waals surface area contributed by atoms with Gasteiger partial charge in [-0.05, 0) is 49.7 Å². The molecule has 0 bridgehead atoms. The highest BCUT2D eigenvalue weighted by molar-refractivity contribution is 6.01. The molecule has 3 saturated carbocycles. The summed E-state index contributed by atoms with van der Waals surface area (Å²) in [6.07, 6.45) is 7.17. The normalized spacial score (nSPS) is 51.8. The van der Waals surface area contributed by atoms with Crippen molar-refractivity contribution in [3.05, 3.63) is 23.8 Å². The molecule has 2 N–H and O–H groups in total. The molecule has 0 aromatic heterocycles. The van der Waals surface area contributed by atoms with Gasteiger partial charge in [0.2, 0.25) is 0 Å². The Morgan fingerprint density at radius 2 is 2.14 bits per heavy atom. The predicted molar refractivity (Wildman–Crippen MR) is 99.0 cm³/mol. The zero-order valence-corrected chi connectivity index (χ0v) is 16.4. The second kappa shape index (κ2) is 5.85. The van der Waals surface area contributed by atoms with Crippen LogP contribution in [0, 0.1) is 28.6 Å². The molecule has 4 aliphatic carbocycles. The minimum absolute atomic E-state index is 0.00460. The van der Waals surface area contributed by atoms with Crippen LogP contribution in [0.4, 0.5) is 0 Å². The molecule has 4 fully saturated rings. The number of ketones is 2. The van der Waals surface area contributed by atoms with E-state index in [2.05, 4.69) is 6.92 Å². The molecule has 0 aromatic rings. The van der Waals surface area contributed by atoms with Gasteiger partial charge >= 0.3 is 0 Å². The minimum Gasteiger partial charge on any atom is -0.393 e. The number of hydrogen-bond acceptors (Lipinski definition) is 6. The average molecular weight is 388 g/mol. The van der Waals surface area contributed by atoms with Gasteiger partial charge in [-0.1, -0.05) is 25.5 Å². The van der Waals surface area contributed by atoms with E-state index >= 15 is 0 Å². The van der Waals surface area contributed by atoms with E-state index in [0.29, 0.717) is 12.8 Å². The van der Waals surface area contributed by atoms with E-state index in [4.69, 9.17) is 9.47 Å². The number of rotatable bonds is 2. The van der Waals surface area contributed by atoms with Gasteiger partial charge in [0.05, 0.1) is 12.2 Å². The minimum atomic E-state index is -1.17. The van der Waals surface area contributed by atoms with Crippen molar-refractivity contribution in [1.82, 2.24) is 0 Å². The molecule has 8 unspecified atom stereocenters. The van der Waals surface area contributed by atoms with Crippen LogP contribution >= 0.6 is 0 Å². The quantitative estimate of drug-likeness (QED) is 0.746. The van der Waals surface area contributed by atoms with Crippen LogP contribution in [0.25, 0.3) is 0 Å². The van der Waals surface area contributed by atoms with Crippen LogP contribution in [-0.2, 0) is 19.1 Å². The Bertz CT molecular complexity index is 801. The van der Waals surface area contributed by atoms with E-state index in [-0.39, 0.29) is 47.6 Å². The molecular weight excluding hydrogens is 360 g/mol. The van der Waals surface area contributed by atoms with E-state index < -0.39 is 23.7 Å². The second-order valence-electron chi connectivity index (χ2n) is 9.68. The van der Waals surface area contributed by atoms with Gasteiger partial charge in [-0.25, -0.2) is 0 Å². The Morgan fingerprint density at radius 3 is 2.89 bits per heavy atom. The molecule has 5 rings (SSSR count). The molecule has 1 saturated heterocycles. The molecule has 6 nitrogen and oxygen atoms in total. The first kappa shape index (κ1) is 18.7. The van der Waals surface area contributed by atoms with E-state index in [0.717, 1.165) is 18.4 Å². The maximum Gasteiger partial charge on any atom is 0.193 e. The van der Waals surface area contributed by atoms with Crippen molar-refractivity contribution < 1.29 is 29.3 Å². The number of fused-ring (bicyclic) bond motifs is 7. The zero-order valence-electron chi connectivity index (χ0n) is 16.4. The van der Waals surface area contributed by atoms with Crippen molar-refractivity contribution in [2.75, 3.05) is 13.4 Å². The fourth-order valence-corrected chi connectivity index (χ4v) is 7.65. The van der Waals surface area contributed by atoms with Crippen molar-refractivity contribution in [2.45, 2.75) is 57.3 Å². The Balaban J connectivity index is 1.59. The van der Waals surface area contributed by atoms with Gasteiger partial charge < -0.3 is 19.7 Å². The molecule has 0 radical (unpaired) electrons. The average Bonchev–Trinajstić information content (AvgIpc) is 3.18. The highest BCUT2D eigenvalue weighted by atomic mass is 16.7. The molecule has 1 aliphatic heterocycles. The number of carbonyl (C=O) groups excluding carboxylic acids is 2. The number of allylic oxidation sites excluding steroid dienone is 4. The molecule has 5 aliphatic rings. The lowest BCUT2D eigenvalue weighted by molar-refractivity contribution is -0.185. The number of ether oxygens (including phenoxy) is 2. The topological polar surface area (TPSA) is 93.1 Å². The van der Waals surface area contributed by atoms with Crippen LogP contribution in [0.2, 0.25) is 0 Å². The first-order valence-electron chi connectivity index (χ1n) is 10.3. The lowest BCUT2D eigenvalue weighted by atomic mass is 9.46. The molecule has 28 heavy (non-hydrogen) atoms. The molecule has 0 amide bonds. The molecule has 8 atom stereocenters. The molecule has 0 spiro atoms. The maximum absolute atomic E-state index is 12.9. The summed E-state index contributed by atoms with van der Waals surface area (Å²) in [5.74, 6) is 0.0400. The fourth-order valence-electron chi connectivity index (χ4n) is 7.65. The Morgan fingerprint density at radius 1 is 1.36 bits per heavy atom. The van der Waals surface area contributed by atoms with Gasteiger partial charge in [0, 0.05) is 16.7 Å². The van der Waals surface area contributed by atoms with Crippen LogP contribution in [0.5, 0.6) is 0 Å². The molecule has 0 aromatic carbocycles. The fraction of sp³-hybridized carbons (Fsp3) is 0.727. The van der Waals surface area contributed by atoms with E-state index in [1.807, 2.05) is 13.0 Å². The number of hydrogen-bond donors (Lipinski definition) is 2. The summed E-state index contributed by atoms with van der Waals surface area (Å²) in [6, 6.07) is 0. The maximum atomic E-state index is 12.9. The monoisotopic (exact) mass is 388 g/mol. The van der Waals surface area contributed by atoms with Crippen LogP contribution in [0.15, 0.2) is 23.8 Å². The highest BCUT2D eigenvalue weighted by Crippen LogP contribution is 2.69. The predicted octanol–water partition coefficient (Wildman–Crippen LogP) is 1.55. The van der Waals surface area contributed by atoms with Gasteiger partial charge in [-0.15, -0.1) is 0 Å². The van der Waals surface area contributed by atoms with Crippen LogP contribution in [0.3, 0.4) is 0 Å². The summed E-state index contributed by atoms with van der Waals surface area (Å²) >= 11 is 0. The van der Waals surface area contributed by atoms with E-state index in [1.165, 1.54) is 0 Å². The van der Waals surface area contributed by atoms with E-state index in [9.17, 15) is 19.8 Å². The van der Waals surface area contributed by atoms with Gasteiger partial charge in [0.1, 0.15) is 13.4 Å². The lowest BCUT2D eigenvalue weighted by Gasteiger charge is -2.59. The SMILES string of the molecule is CC12C=CC(=O)C=C1CCC1C2C(O)CC2(C)C1CC1OCOC12C(=O)CO. The first-order valence-corrected chi connectivity index (χ1v) is 10.3. The summed E-state index contributed by atoms with van der Waals surface area (Å²) in [5.41, 5.74) is -0.991. The lowest BCUT2D eigenvalue weighted by Crippen LogP contribution is -2.63. The van der Waals surface area contributed by atoms with Crippen molar-refractivity contribution >= 4 is 11.6 Å². The van der Waals surface area contributed by atoms with Crippen LogP contribution < -0.4 is 0 Å². The molecule has 6 heteroatoms. The summed E-state index contributed by atoms with van der Waals surface area (Å²) in [6.45, 7) is 3.63. The largest absolute Gasteiger partial charge is 0.393 e. The van der Waals surface area contributed by atoms with Crippen LogP contribution in [-0.4, -0.2) is 53.0 Å². The number of aliphatic hydroxyl groups is 2. The molecule has 152 valence electrons. The van der Waals surface area contributed by atoms with Gasteiger partial charge in [-0.2, -0.15) is 0 Å². The summed E-state index contributed by atoms with van der Waals surface area (Å²) in [4.78, 5) is 24.8. The van der Waals surface area contributed by atoms with Gasteiger partial charge in [0.25, 0.3) is 0 Å². The summed E-state index contributed by atoms with van der Waals surface area (Å²) in [5, 5.41) is 21.0. The highest BCUT2D eigenvalue weighted by Gasteiger charge is 2.74. The first-order chi connectivity index (χ1) is 13.3. The zero-order chi connectivity index (χ0) is 19.9. The standard InChI is InChI=1S/C22H28O6/c1-20-6-5-13(24)7-12(20)3-4-14-15-8-18-22(17(26)10-23,28-11-27-18)21(15,2)9-16(25)19(14)20/h5-7,14-16,18-19,23,25H,3-4,8-11H2,1-2H3. The molecular formula is C22H28O6. The van der Waals surface area contributed by atoms with Gasteiger partial charge in [-0.3, -0.25) is 9.59 Å². The second-order valence-corrected chi connectivity index (χ2v) is 9.68. The third-order valence-corrected chi connectivity index (χ3v) is 8.77. The third-order valence-electron chi connectivity index (χ3n) is 8.77. The van der Waals surface area contributed by atoms with Crippen molar-refractivity contribution in [3.8, 4) is 0 Å². The van der Waals surface area contributed by atoms with Crippen molar-refractivity contribution in [2.24, 2.45) is 28.6 Å². The van der Waals surface area contributed by atoms with Crippen LogP contribution in [0.1, 0.15) is 39.5 Å². The smallest absolute Gasteiger partial charge is 0.193 e. The van der Waals surface area contributed by atoms with Crippen molar-refractivity contribution in [3.63, 3.8) is 0 Å². The third kappa shape index (κ3) is 2.02. The Kier molecular flexibility index (Phi) is 3.90. The molecule has 1 heterocycles. The number of Topliss-reactive ketones (excluding diaryl/α,β-unsaturated/α-hetero) is 1. The summed E-state index contributed by atoms with van der Waals surface area (Å²) in [7, 11) is 0.